The maximum Gasteiger partial charge on any atom is 0.0675 e. The molecule has 0 aromatic carbocycles. The second kappa shape index (κ2) is 6.39. The molecular weight excluding hydrogens is 162 g/mol. The van der Waals surface area contributed by atoms with Crippen LogP contribution in [0.25, 0.3) is 0 Å². The van der Waals surface area contributed by atoms with E-state index < -0.39 is 0 Å². The molecule has 0 saturated carbocycles. The van der Waals surface area contributed by atoms with Crippen LogP contribution < -0.4 is 5.32 Å². The number of hydrogen-bond acceptors (Lipinski definition) is 2. The zero-order chi connectivity index (χ0) is 10.4. The van der Waals surface area contributed by atoms with E-state index in [9.17, 15) is 0 Å². The van der Waals surface area contributed by atoms with E-state index in [4.69, 9.17) is 4.74 Å². The minimum Gasteiger partial charge on any atom is -0.374 e. The van der Waals surface area contributed by atoms with Crippen molar-refractivity contribution in [1.82, 2.24) is 5.32 Å². The minimum absolute atomic E-state index is 0.305. The molecule has 0 heterocycles. The number of rotatable bonds is 6. The standard InChI is InChI=1S/C11H25NO/c1-8(2)11(6)13-10(5)7-12-9(3)4/h8-12H,7H2,1-6H3. The molecule has 0 rings (SSSR count). The van der Waals surface area contributed by atoms with Crippen LogP contribution in [0.1, 0.15) is 41.5 Å². The van der Waals surface area contributed by atoms with Crippen molar-refractivity contribution in [2.24, 2.45) is 5.92 Å². The topological polar surface area (TPSA) is 21.3 Å². The molecule has 2 atom stereocenters. The smallest absolute Gasteiger partial charge is 0.0675 e. The fourth-order valence-corrected chi connectivity index (χ4v) is 0.973. The second-order valence-corrected chi connectivity index (χ2v) is 4.46. The third-order valence-corrected chi connectivity index (χ3v) is 2.20. The van der Waals surface area contributed by atoms with Crippen LogP contribution in [0.4, 0.5) is 0 Å². The summed E-state index contributed by atoms with van der Waals surface area (Å²) in [6, 6.07) is 0.542. The number of ether oxygens (including phenoxy) is 1. The van der Waals surface area contributed by atoms with Gasteiger partial charge in [0.05, 0.1) is 12.2 Å². The van der Waals surface area contributed by atoms with Crippen LogP contribution in [-0.2, 0) is 4.74 Å². The predicted octanol–water partition coefficient (Wildman–Crippen LogP) is 2.43. The Balaban J connectivity index is 3.55. The van der Waals surface area contributed by atoms with Gasteiger partial charge in [0.1, 0.15) is 0 Å². The van der Waals surface area contributed by atoms with Crippen LogP contribution in [-0.4, -0.2) is 24.8 Å². The Morgan fingerprint density at radius 1 is 1.00 bits per heavy atom. The molecule has 0 aliphatic carbocycles. The van der Waals surface area contributed by atoms with Crippen molar-refractivity contribution in [3.63, 3.8) is 0 Å². The van der Waals surface area contributed by atoms with Crippen molar-refractivity contribution in [3.8, 4) is 0 Å². The van der Waals surface area contributed by atoms with Crippen LogP contribution in [0.2, 0.25) is 0 Å². The molecular formula is C11H25NO. The van der Waals surface area contributed by atoms with Gasteiger partial charge in [0.25, 0.3) is 0 Å². The van der Waals surface area contributed by atoms with E-state index >= 15 is 0 Å². The van der Waals surface area contributed by atoms with Gasteiger partial charge in [-0.25, -0.2) is 0 Å². The van der Waals surface area contributed by atoms with Crippen molar-refractivity contribution in [2.45, 2.75) is 59.8 Å². The first-order valence-electron chi connectivity index (χ1n) is 5.32. The summed E-state index contributed by atoms with van der Waals surface area (Å²) in [6.45, 7) is 13.9. The predicted molar refractivity (Wildman–Crippen MR) is 58.0 cm³/mol. The van der Waals surface area contributed by atoms with E-state index in [1.807, 2.05) is 0 Å². The van der Waals surface area contributed by atoms with E-state index in [1.165, 1.54) is 0 Å². The van der Waals surface area contributed by atoms with E-state index in [0.717, 1.165) is 6.54 Å². The Kier molecular flexibility index (Phi) is 6.35. The lowest BCUT2D eigenvalue weighted by atomic mass is 10.1. The van der Waals surface area contributed by atoms with Gasteiger partial charge in [-0.15, -0.1) is 0 Å². The van der Waals surface area contributed by atoms with Crippen LogP contribution in [0.3, 0.4) is 0 Å². The SMILES string of the molecule is CC(C)NCC(C)OC(C)C(C)C. The quantitative estimate of drug-likeness (QED) is 0.689. The molecule has 0 aromatic rings. The summed E-state index contributed by atoms with van der Waals surface area (Å²) in [4.78, 5) is 0. The van der Waals surface area contributed by atoms with Crippen LogP contribution in [0.5, 0.6) is 0 Å². The first kappa shape index (κ1) is 12.9. The molecule has 0 saturated heterocycles. The van der Waals surface area contributed by atoms with Gasteiger partial charge < -0.3 is 10.1 Å². The molecule has 2 heteroatoms. The lowest BCUT2D eigenvalue weighted by Gasteiger charge is -2.23. The molecule has 80 valence electrons. The van der Waals surface area contributed by atoms with Gasteiger partial charge in [-0.3, -0.25) is 0 Å². The lowest BCUT2D eigenvalue weighted by molar-refractivity contribution is -0.0155. The van der Waals surface area contributed by atoms with Crippen molar-refractivity contribution >= 4 is 0 Å². The van der Waals surface area contributed by atoms with Gasteiger partial charge in [-0.2, -0.15) is 0 Å². The fraction of sp³-hybridized carbons (Fsp3) is 1.00. The average molecular weight is 187 g/mol. The highest BCUT2D eigenvalue weighted by molar-refractivity contribution is 4.62. The van der Waals surface area contributed by atoms with E-state index in [1.54, 1.807) is 0 Å². The van der Waals surface area contributed by atoms with Crippen LogP contribution in [0.15, 0.2) is 0 Å². The van der Waals surface area contributed by atoms with Crippen molar-refractivity contribution < 1.29 is 4.74 Å². The van der Waals surface area contributed by atoms with Gasteiger partial charge in [0, 0.05) is 12.6 Å². The van der Waals surface area contributed by atoms with Gasteiger partial charge in [0.2, 0.25) is 0 Å². The monoisotopic (exact) mass is 187 g/mol. The molecule has 0 radical (unpaired) electrons. The third-order valence-electron chi connectivity index (χ3n) is 2.20. The third kappa shape index (κ3) is 7.03. The highest BCUT2D eigenvalue weighted by atomic mass is 16.5. The first-order chi connectivity index (χ1) is 5.93. The fourth-order valence-electron chi connectivity index (χ4n) is 0.973. The Morgan fingerprint density at radius 3 is 1.92 bits per heavy atom. The number of hydrogen-bond donors (Lipinski definition) is 1. The molecule has 0 fully saturated rings. The van der Waals surface area contributed by atoms with Crippen molar-refractivity contribution in [1.29, 1.82) is 0 Å². The zero-order valence-corrected chi connectivity index (χ0v) is 9.92. The van der Waals surface area contributed by atoms with Gasteiger partial charge >= 0.3 is 0 Å². The molecule has 0 aliphatic rings. The average Bonchev–Trinajstić information content (AvgIpc) is 2.00. The molecule has 0 amide bonds. The highest BCUT2D eigenvalue weighted by Crippen LogP contribution is 2.07. The summed E-state index contributed by atoms with van der Waals surface area (Å²) >= 11 is 0. The molecule has 0 aliphatic heterocycles. The minimum atomic E-state index is 0.305. The summed E-state index contributed by atoms with van der Waals surface area (Å²) in [5, 5.41) is 3.36. The lowest BCUT2D eigenvalue weighted by Crippen LogP contribution is -2.34. The molecule has 0 aromatic heterocycles. The van der Waals surface area contributed by atoms with Gasteiger partial charge in [-0.05, 0) is 19.8 Å². The molecule has 13 heavy (non-hydrogen) atoms. The van der Waals surface area contributed by atoms with Crippen molar-refractivity contribution in [3.05, 3.63) is 0 Å². The largest absolute Gasteiger partial charge is 0.374 e. The van der Waals surface area contributed by atoms with Crippen LogP contribution in [0, 0.1) is 5.92 Å². The normalized spacial score (nSPS) is 16.6. The second-order valence-electron chi connectivity index (χ2n) is 4.46. The summed E-state index contributed by atoms with van der Waals surface area (Å²) in [5.74, 6) is 0.599. The summed E-state index contributed by atoms with van der Waals surface area (Å²) in [6.07, 6.45) is 0.656. The molecule has 1 N–H and O–H groups in total. The van der Waals surface area contributed by atoms with Crippen LogP contribution >= 0.6 is 0 Å². The maximum atomic E-state index is 5.80. The Bertz CT molecular complexity index is 123. The summed E-state index contributed by atoms with van der Waals surface area (Å²) < 4.78 is 5.80. The first-order valence-corrected chi connectivity index (χ1v) is 5.32. The highest BCUT2D eigenvalue weighted by Gasteiger charge is 2.11. The molecule has 0 spiro atoms. The zero-order valence-electron chi connectivity index (χ0n) is 9.92. The van der Waals surface area contributed by atoms with E-state index in [0.29, 0.717) is 24.2 Å². The number of nitrogens with one attached hydrogen (secondary N) is 1. The van der Waals surface area contributed by atoms with Gasteiger partial charge in [0.15, 0.2) is 0 Å². The molecule has 0 bridgehead atoms. The van der Waals surface area contributed by atoms with E-state index in [2.05, 4.69) is 46.9 Å². The Morgan fingerprint density at radius 2 is 1.54 bits per heavy atom. The summed E-state index contributed by atoms with van der Waals surface area (Å²) in [5.41, 5.74) is 0. The molecule has 2 unspecified atom stereocenters. The summed E-state index contributed by atoms with van der Waals surface area (Å²) in [7, 11) is 0. The van der Waals surface area contributed by atoms with Crippen molar-refractivity contribution in [2.75, 3.05) is 6.54 Å². The molecule has 2 nitrogen and oxygen atoms in total. The maximum absolute atomic E-state index is 5.80. The van der Waals surface area contributed by atoms with Gasteiger partial charge in [-0.1, -0.05) is 27.7 Å². The Hall–Kier alpha value is -0.0800. The van der Waals surface area contributed by atoms with E-state index in [-0.39, 0.29) is 0 Å². The Labute approximate surface area is 83.1 Å².